The van der Waals surface area contributed by atoms with E-state index < -0.39 is 0 Å². The molecule has 0 aliphatic rings. The van der Waals surface area contributed by atoms with Crippen LogP contribution in [0.1, 0.15) is 31.1 Å². The van der Waals surface area contributed by atoms with E-state index in [4.69, 9.17) is 0 Å². The van der Waals surface area contributed by atoms with Gasteiger partial charge in [-0.25, -0.2) is 4.98 Å². The molecule has 2 aromatic carbocycles. The molecule has 0 saturated heterocycles. The van der Waals surface area contributed by atoms with Gasteiger partial charge in [-0.05, 0) is 57.2 Å². The van der Waals surface area contributed by atoms with Crippen LogP contribution in [0.2, 0.25) is 0 Å². The highest BCUT2D eigenvalue weighted by Gasteiger charge is 2.09. The molecule has 0 unspecified atom stereocenters. The number of nitrogens with one attached hydrogen (secondary N) is 2. The minimum absolute atomic E-state index is 0.0481. The summed E-state index contributed by atoms with van der Waals surface area (Å²) >= 11 is 0. The summed E-state index contributed by atoms with van der Waals surface area (Å²) < 4.78 is 0. The molecule has 3 rings (SSSR count). The van der Waals surface area contributed by atoms with E-state index >= 15 is 0 Å². The Balaban J connectivity index is 1.95. The quantitative estimate of drug-likeness (QED) is 0.682. The number of hydrogen-bond donors (Lipinski definition) is 2. The lowest BCUT2D eigenvalue weighted by Gasteiger charge is -2.14. The summed E-state index contributed by atoms with van der Waals surface area (Å²) in [6.45, 7) is 5.70. The van der Waals surface area contributed by atoms with Crippen molar-refractivity contribution in [2.45, 2.75) is 26.8 Å². The molecule has 3 aromatic rings. The number of rotatable bonds is 5. The van der Waals surface area contributed by atoms with Crippen LogP contribution >= 0.6 is 0 Å². The van der Waals surface area contributed by atoms with Crippen molar-refractivity contribution in [1.82, 2.24) is 9.97 Å². The van der Waals surface area contributed by atoms with Crippen LogP contribution in [0.4, 0.5) is 17.5 Å². The van der Waals surface area contributed by atoms with Crippen molar-refractivity contribution in [3.63, 3.8) is 0 Å². The van der Waals surface area contributed by atoms with Gasteiger partial charge in [0.15, 0.2) is 5.78 Å². The highest BCUT2D eigenvalue weighted by Crippen LogP contribution is 2.24. The zero-order valence-corrected chi connectivity index (χ0v) is 14.0. The minimum Gasteiger partial charge on any atom is -0.367 e. The molecule has 1 heterocycles. The van der Waals surface area contributed by atoms with E-state index in [0.717, 1.165) is 22.4 Å². The number of carbonyl (C=O) groups excluding carboxylic acids is 1. The Morgan fingerprint density at radius 2 is 1.71 bits per heavy atom. The third-order valence-corrected chi connectivity index (χ3v) is 3.58. The van der Waals surface area contributed by atoms with Gasteiger partial charge in [-0.1, -0.05) is 12.1 Å². The molecule has 0 saturated carbocycles. The highest BCUT2D eigenvalue weighted by atomic mass is 16.1. The van der Waals surface area contributed by atoms with Crippen LogP contribution in [-0.2, 0) is 0 Å². The van der Waals surface area contributed by atoms with Crippen molar-refractivity contribution in [1.29, 1.82) is 0 Å². The van der Waals surface area contributed by atoms with E-state index in [-0.39, 0.29) is 11.8 Å². The first kappa shape index (κ1) is 15.9. The Morgan fingerprint density at radius 1 is 1.00 bits per heavy atom. The SMILES string of the molecule is CC(=O)c1ccc(Nc2nc(NC(C)C)c3ccccc3n2)cc1. The fraction of sp³-hybridized carbons (Fsp3) is 0.211. The third kappa shape index (κ3) is 3.51. The third-order valence-electron chi connectivity index (χ3n) is 3.58. The molecule has 0 bridgehead atoms. The number of Topliss-reactive ketones (excluding diaryl/α,β-unsaturated/α-hetero) is 1. The summed E-state index contributed by atoms with van der Waals surface area (Å²) in [6, 6.07) is 15.5. The Morgan fingerprint density at radius 3 is 2.38 bits per heavy atom. The minimum atomic E-state index is 0.0481. The summed E-state index contributed by atoms with van der Waals surface area (Å²) in [5.74, 6) is 1.37. The van der Waals surface area contributed by atoms with Crippen molar-refractivity contribution < 1.29 is 4.79 Å². The van der Waals surface area contributed by atoms with Crippen molar-refractivity contribution in [2.24, 2.45) is 0 Å². The zero-order chi connectivity index (χ0) is 17.1. The van der Waals surface area contributed by atoms with Crippen molar-refractivity contribution in [3.05, 3.63) is 54.1 Å². The second kappa shape index (κ2) is 6.66. The zero-order valence-electron chi connectivity index (χ0n) is 14.0. The second-order valence-electron chi connectivity index (χ2n) is 5.97. The van der Waals surface area contributed by atoms with E-state index in [9.17, 15) is 4.79 Å². The van der Waals surface area contributed by atoms with E-state index in [1.807, 2.05) is 36.4 Å². The van der Waals surface area contributed by atoms with Gasteiger partial charge in [0.05, 0.1) is 5.52 Å². The van der Waals surface area contributed by atoms with Gasteiger partial charge in [-0.15, -0.1) is 0 Å². The van der Waals surface area contributed by atoms with E-state index in [1.54, 1.807) is 19.1 Å². The second-order valence-corrected chi connectivity index (χ2v) is 5.97. The molecule has 0 aliphatic heterocycles. The molecule has 2 N–H and O–H groups in total. The Hall–Kier alpha value is -2.95. The summed E-state index contributed by atoms with van der Waals surface area (Å²) in [6.07, 6.45) is 0. The first-order valence-electron chi connectivity index (χ1n) is 7.94. The molecule has 122 valence electrons. The first-order valence-corrected chi connectivity index (χ1v) is 7.94. The number of ketones is 1. The van der Waals surface area contributed by atoms with Crippen molar-refractivity contribution in [3.8, 4) is 0 Å². The van der Waals surface area contributed by atoms with Crippen LogP contribution in [-0.4, -0.2) is 21.8 Å². The number of anilines is 3. The Bertz CT molecular complexity index is 872. The molecule has 5 nitrogen and oxygen atoms in total. The smallest absolute Gasteiger partial charge is 0.229 e. The molecule has 1 aromatic heterocycles. The molecule has 0 spiro atoms. The molecular formula is C19H20N4O. The lowest BCUT2D eigenvalue weighted by Crippen LogP contribution is -2.12. The molecule has 0 aliphatic carbocycles. The van der Waals surface area contributed by atoms with E-state index in [2.05, 4.69) is 34.4 Å². The van der Waals surface area contributed by atoms with Crippen molar-refractivity contribution in [2.75, 3.05) is 10.6 Å². The van der Waals surface area contributed by atoms with Gasteiger partial charge in [0.2, 0.25) is 5.95 Å². The standard InChI is InChI=1S/C19H20N4O/c1-12(2)20-18-16-6-4-5-7-17(16)22-19(23-18)21-15-10-8-14(9-11-15)13(3)24/h4-12H,1-3H3,(H2,20,21,22,23). The largest absolute Gasteiger partial charge is 0.367 e. The predicted octanol–water partition coefficient (Wildman–Crippen LogP) is 4.40. The molecule has 0 amide bonds. The number of benzene rings is 2. The van der Waals surface area contributed by atoms with Gasteiger partial charge >= 0.3 is 0 Å². The van der Waals surface area contributed by atoms with Gasteiger partial charge in [0.1, 0.15) is 5.82 Å². The molecule has 5 heteroatoms. The summed E-state index contributed by atoms with van der Waals surface area (Å²) in [7, 11) is 0. The van der Waals surface area contributed by atoms with Crippen LogP contribution in [0, 0.1) is 0 Å². The predicted molar refractivity (Wildman–Crippen MR) is 98.0 cm³/mol. The molecule has 0 radical (unpaired) electrons. The van der Waals surface area contributed by atoms with Gasteiger partial charge in [0.25, 0.3) is 0 Å². The maximum Gasteiger partial charge on any atom is 0.229 e. The molecule has 0 fully saturated rings. The average molecular weight is 320 g/mol. The number of fused-ring (bicyclic) bond motifs is 1. The van der Waals surface area contributed by atoms with Gasteiger partial charge in [-0.3, -0.25) is 4.79 Å². The Labute approximate surface area is 141 Å². The molecule has 24 heavy (non-hydrogen) atoms. The number of hydrogen-bond acceptors (Lipinski definition) is 5. The van der Waals surface area contributed by atoms with Crippen LogP contribution in [0.15, 0.2) is 48.5 Å². The van der Waals surface area contributed by atoms with Gasteiger partial charge < -0.3 is 10.6 Å². The number of aromatic nitrogens is 2. The number of para-hydroxylation sites is 1. The molecular weight excluding hydrogens is 300 g/mol. The number of carbonyl (C=O) groups is 1. The summed E-state index contributed by atoms with van der Waals surface area (Å²) in [5.41, 5.74) is 2.39. The van der Waals surface area contributed by atoms with Crippen LogP contribution in [0.25, 0.3) is 10.9 Å². The van der Waals surface area contributed by atoms with Gasteiger partial charge in [-0.2, -0.15) is 4.98 Å². The summed E-state index contributed by atoms with van der Waals surface area (Å²) in [5, 5.41) is 7.55. The Kier molecular flexibility index (Phi) is 4.42. The monoisotopic (exact) mass is 320 g/mol. The fourth-order valence-electron chi connectivity index (χ4n) is 2.43. The summed E-state index contributed by atoms with van der Waals surface area (Å²) in [4.78, 5) is 20.5. The van der Waals surface area contributed by atoms with Crippen LogP contribution < -0.4 is 10.6 Å². The van der Waals surface area contributed by atoms with Gasteiger partial charge in [0, 0.05) is 22.7 Å². The number of nitrogens with zero attached hydrogens (tertiary/aromatic N) is 2. The normalized spacial score (nSPS) is 10.8. The highest BCUT2D eigenvalue weighted by molar-refractivity contribution is 5.94. The lowest BCUT2D eigenvalue weighted by molar-refractivity contribution is 0.101. The lowest BCUT2D eigenvalue weighted by atomic mass is 10.1. The average Bonchev–Trinajstić information content (AvgIpc) is 2.55. The topological polar surface area (TPSA) is 66.9 Å². The molecule has 0 atom stereocenters. The van der Waals surface area contributed by atoms with Crippen LogP contribution in [0.3, 0.4) is 0 Å². The maximum atomic E-state index is 11.4. The van der Waals surface area contributed by atoms with E-state index in [0.29, 0.717) is 11.5 Å². The fourth-order valence-corrected chi connectivity index (χ4v) is 2.43. The van der Waals surface area contributed by atoms with Crippen molar-refractivity contribution >= 4 is 34.1 Å². The first-order chi connectivity index (χ1) is 11.5. The van der Waals surface area contributed by atoms with E-state index in [1.165, 1.54) is 0 Å². The maximum absolute atomic E-state index is 11.4. The van der Waals surface area contributed by atoms with Crippen LogP contribution in [0.5, 0.6) is 0 Å².